The molecule has 1 aliphatic heterocycles. The number of carbonyl (C=O) groups excluding carboxylic acids is 2. The van der Waals surface area contributed by atoms with Crippen molar-refractivity contribution in [2.45, 2.75) is 58.2 Å². The fourth-order valence-electron chi connectivity index (χ4n) is 5.25. The molecule has 0 unspecified atom stereocenters. The molecule has 33 heavy (non-hydrogen) atoms. The SMILES string of the molecule is CCC1(CC)CC(CF)(NC(=O)N2CCn3nc(-c4ccc(Cl)c(Cl)c4)c(C(N)=O)c3C2)C1. The molecule has 10 heteroatoms. The van der Waals surface area contributed by atoms with Crippen molar-refractivity contribution in [3.63, 3.8) is 0 Å². The Morgan fingerprint density at radius 1 is 1.18 bits per heavy atom. The molecule has 2 aromatic rings. The first-order valence-electron chi connectivity index (χ1n) is 11.1. The zero-order valence-corrected chi connectivity index (χ0v) is 20.3. The van der Waals surface area contributed by atoms with Crippen molar-refractivity contribution in [2.24, 2.45) is 11.1 Å². The number of benzene rings is 1. The lowest BCUT2D eigenvalue weighted by atomic mass is 9.55. The first kappa shape index (κ1) is 23.8. The molecule has 7 nitrogen and oxygen atoms in total. The van der Waals surface area contributed by atoms with Gasteiger partial charge in [-0.1, -0.05) is 56.0 Å². The largest absolute Gasteiger partial charge is 0.365 e. The molecule has 4 rings (SSSR count). The van der Waals surface area contributed by atoms with Crippen LogP contribution in [0, 0.1) is 5.41 Å². The Labute approximate surface area is 202 Å². The average Bonchev–Trinajstić information content (AvgIpc) is 3.17. The number of aromatic nitrogens is 2. The Bertz CT molecular complexity index is 1090. The number of amides is 3. The lowest BCUT2D eigenvalue weighted by molar-refractivity contribution is -0.0170. The van der Waals surface area contributed by atoms with Crippen LogP contribution in [-0.2, 0) is 13.1 Å². The highest BCUT2D eigenvalue weighted by Crippen LogP contribution is 2.53. The third-order valence-corrected chi connectivity index (χ3v) is 8.00. The number of urea groups is 1. The average molecular weight is 496 g/mol. The topological polar surface area (TPSA) is 93.2 Å². The van der Waals surface area contributed by atoms with Gasteiger partial charge in [-0.25, -0.2) is 9.18 Å². The number of nitrogens with one attached hydrogen (secondary N) is 1. The van der Waals surface area contributed by atoms with E-state index in [0.717, 1.165) is 12.8 Å². The molecule has 1 aromatic heterocycles. The summed E-state index contributed by atoms with van der Waals surface area (Å²) in [5.41, 5.74) is 6.77. The summed E-state index contributed by atoms with van der Waals surface area (Å²) in [7, 11) is 0. The number of nitrogens with two attached hydrogens (primary N) is 1. The van der Waals surface area contributed by atoms with Crippen LogP contribution in [0.3, 0.4) is 0 Å². The minimum Gasteiger partial charge on any atom is -0.365 e. The molecule has 1 aliphatic carbocycles. The van der Waals surface area contributed by atoms with Crippen LogP contribution in [0.5, 0.6) is 0 Å². The second-order valence-corrected chi connectivity index (χ2v) is 10.0. The number of alkyl halides is 1. The lowest BCUT2D eigenvalue weighted by Crippen LogP contribution is -2.65. The fraction of sp³-hybridized carbons (Fsp3) is 0.522. The molecule has 1 aromatic carbocycles. The molecule has 0 spiro atoms. The fourth-order valence-corrected chi connectivity index (χ4v) is 5.55. The highest BCUT2D eigenvalue weighted by molar-refractivity contribution is 6.42. The van der Waals surface area contributed by atoms with Gasteiger partial charge in [0, 0.05) is 12.1 Å². The van der Waals surface area contributed by atoms with Crippen molar-refractivity contribution in [3.8, 4) is 11.3 Å². The maximum atomic E-state index is 14.0. The minimum atomic E-state index is -0.821. The van der Waals surface area contributed by atoms with E-state index in [9.17, 15) is 14.0 Å². The molecule has 0 bridgehead atoms. The van der Waals surface area contributed by atoms with Crippen molar-refractivity contribution in [3.05, 3.63) is 39.5 Å². The summed E-state index contributed by atoms with van der Waals surface area (Å²) in [5.74, 6) is -0.644. The molecule has 3 N–H and O–H groups in total. The van der Waals surface area contributed by atoms with Crippen LogP contribution in [0.4, 0.5) is 9.18 Å². The second-order valence-electron chi connectivity index (χ2n) is 9.21. The molecule has 1 saturated carbocycles. The van der Waals surface area contributed by atoms with Crippen molar-refractivity contribution in [1.82, 2.24) is 20.0 Å². The predicted octanol–water partition coefficient (Wildman–Crippen LogP) is 4.79. The van der Waals surface area contributed by atoms with E-state index in [0.29, 0.717) is 52.9 Å². The Morgan fingerprint density at radius 2 is 1.88 bits per heavy atom. The first-order valence-corrected chi connectivity index (χ1v) is 11.9. The smallest absolute Gasteiger partial charge is 0.318 e. The summed E-state index contributed by atoms with van der Waals surface area (Å²) < 4.78 is 15.7. The Morgan fingerprint density at radius 3 is 2.45 bits per heavy atom. The van der Waals surface area contributed by atoms with Gasteiger partial charge < -0.3 is 16.0 Å². The molecule has 0 saturated heterocycles. The summed E-state index contributed by atoms with van der Waals surface area (Å²) in [6, 6.07) is 4.63. The van der Waals surface area contributed by atoms with Gasteiger partial charge in [0.05, 0.1) is 39.9 Å². The second kappa shape index (κ2) is 8.80. The predicted molar refractivity (Wildman–Crippen MR) is 126 cm³/mol. The Hall–Kier alpha value is -2.32. The molecule has 178 valence electrons. The third-order valence-electron chi connectivity index (χ3n) is 7.26. The van der Waals surface area contributed by atoms with Crippen molar-refractivity contribution in [1.29, 1.82) is 0 Å². The lowest BCUT2D eigenvalue weighted by Gasteiger charge is -2.55. The van der Waals surface area contributed by atoms with Crippen molar-refractivity contribution >= 4 is 35.1 Å². The van der Waals surface area contributed by atoms with Crippen molar-refractivity contribution < 1.29 is 14.0 Å². The number of nitrogens with zero attached hydrogens (tertiary/aromatic N) is 3. The van der Waals surface area contributed by atoms with Gasteiger partial charge in [-0.05, 0) is 30.4 Å². The van der Waals surface area contributed by atoms with Gasteiger partial charge in [0.2, 0.25) is 0 Å². The summed E-state index contributed by atoms with van der Waals surface area (Å²) in [5, 5.41) is 8.23. The van der Waals surface area contributed by atoms with Gasteiger partial charge in [-0.3, -0.25) is 9.48 Å². The standard InChI is InChI=1S/C23H28Cl2FN5O2/c1-3-22(4-2)11-23(12-22,13-26)28-21(33)30-7-8-31-17(10-30)18(20(27)32)19(29-31)14-5-6-15(24)16(25)9-14/h5-6,9H,3-4,7-8,10-13H2,1-2H3,(H2,27,32)(H,28,33). The normalized spacial score (nSPS) is 18.4. The summed E-state index contributed by atoms with van der Waals surface area (Å²) in [6.45, 7) is 4.54. The van der Waals surface area contributed by atoms with Crippen LogP contribution in [0.25, 0.3) is 11.3 Å². The third kappa shape index (κ3) is 4.19. The van der Waals surface area contributed by atoms with Crippen molar-refractivity contribution in [2.75, 3.05) is 13.2 Å². The maximum Gasteiger partial charge on any atom is 0.318 e. The van der Waals surface area contributed by atoms with E-state index in [1.54, 1.807) is 27.8 Å². The monoisotopic (exact) mass is 495 g/mol. The van der Waals surface area contributed by atoms with Crippen LogP contribution in [0.2, 0.25) is 10.0 Å². The number of rotatable bonds is 6. The van der Waals surface area contributed by atoms with E-state index in [-0.39, 0.29) is 23.6 Å². The van der Waals surface area contributed by atoms with Gasteiger partial charge in [0.1, 0.15) is 12.4 Å². The quantitative estimate of drug-likeness (QED) is 0.602. The number of carbonyl (C=O) groups is 2. The number of hydrogen-bond acceptors (Lipinski definition) is 3. The van der Waals surface area contributed by atoms with E-state index < -0.39 is 18.1 Å². The van der Waals surface area contributed by atoms with Gasteiger partial charge in [-0.2, -0.15) is 5.10 Å². The number of halogens is 3. The summed E-state index contributed by atoms with van der Waals surface area (Å²) in [6.07, 6.45) is 3.19. The number of fused-ring (bicyclic) bond motifs is 1. The molecule has 1 fully saturated rings. The highest BCUT2D eigenvalue weighted by Gasteiger charge is 2.54. The van der Waals surface area contributed by atoms with Crippen LogP contribution in [0.1, 0.15) is 55.6 Å². The van der Waals surface area contributed by atoms with Crippen LogP contribution < -0.4 is 11.1 Å². The van der Waals surface area contributed by atoms with E-state index in [1.165, 1.54) is 0 Å². The first-order chi connectivity index (χ1) is 15.7. The molecular formula is C23H28Cl2FN5O2. The minimum absolute atomic E-state index is 0.0911. The van der Waals surface area contributed by atoms with Gasteiger partial charge >= 0.3 is 6.03 Å². The van der Waals surface area contributed by atoms with Gasteiger partial charge in [0.15, 0.2) is 0 Å². The number of primary amides is 1. The molecule has 0 radical (unpaired) electrons. The Balaban J connectivity index is 1.57. The van der Waals surface area contributed by atoms with E-state index in [4.69, 9.17) is 28.9 Å². The van der Waals surface area contributed by atoms with E-state index >= 15 is 0 Å². The molecule has 3 amide bonds. The molecule has 2 aliphatic rings. The van der Waals surface area contributed by atoms with Gasteiger partial charge in [0.25, 0.3) is 5.91 Å². The summed E-state index contributed by atoms with van der Waals surface area (Å²) in [4.78, 5) is 27.0. The zero-order chi connectivity index (χ0) is 24.0. The van der Waals surface area contributed by atoms with Crippen LogP contribution in [-0.4, -0.2) is 45.4 Å². The number of hydrogen-bond donors (Lipinski definition) is 2. The van der Waals surface area contributed by atoms with E-state index in [1.807, 2.05) is 0 Å². The summed E-state index contributed by atoms with van der Waals surface area (Å²) >= 11 is 12.2. The molecular weight excluding hydrogens is 468 g/mol. The van der Waals surface area contributed by atoms with Gasteiger partial charge in [-0.15, -0.1) is 0 Å². The van der Waals surface area contributed by atoms with E-state index in [2.05, 4.69) is 24.3 Å². The zero-order valence-electron chi connectivity index (χ0n) is 18.8. The maximum absolute atomic E-state index is 14.0. The highest BCUT2D eigenvalue weighted by atomic mass is 35.5. The molecule has 0 atom stereocenters. The van der Waals surface area contributed by atoms with Crippen LogP contribution >= 0.6 is 23.2 Å². The Kier molecular flexibility index (Phi) is 6.35. The molecule has 2 heterocycles. The van der Waals surface area contributed by atoms with Crippen LogP contribution in [0.15, 0.2) is 18.2 Å².